The largest absolute Gasteiger partial charge is 0.297 e. The van der Waals surface area contributed by atoms with Gasteiger partial charge in [-0.15, -0.1) is 0 Å². The lowest BCUT2D eigenvalue weighted by molar-refractivity contribution is -0.141. The molecule has 0 saturated carbocycles. The van der Waals surface area contributed by atoms with Gasteiger partial charge in [0.05, 0.1) is 0 Å². The summed E-state index contributed by atoms with van der Waals surface area (Å²) >= 11 is 0. The molecule has 0 fully saturated rings. The van der Waals surface area contributed by atoms with Crippen LogP contribution in [0.2, 0.25) is 0 Å². The first-order valence-electron chi connectivity index (χ1n) is 18.9. The zero-order chi connectivity index (χ0) is 31.9. The quantitative estimate of drug-likeness (QED) is 0.0426. The van der Waals surface area contributed by atoms with Crippen LogP contribution in [0.4, 0.5) is 0 Å². The van der Waals surface area contributed by atoms with E-state index >= 15 is 0 Å². The molecule has 0 bridgehead atoms. The molecule has 43 heavy (non-hydrogen) atoms. The average Bonchev–Trinajstić information content (AvgIpc) is 3.00. The number of Topliss-reactive ketones (excluding diaryl/α,β-unsaturated/α-hetero) is 2. The van der Waals surface area contributed by atoms with Crippen LogP contribution in [0.1, 0.15) is 201 Å². The molecule has 0 aromatic carbocycles. The van der Waals surface area contributed by atoms with Crippen molar-refractivity contribution < 1.29 is 9.59 Å². The van der Waals surface area contributed by atoms with Gasteiger partial charge in [0.2, 0.25) is 0 Å². The van der Waals surface area contributed by atoms with E-state index in [1.54, 1.807) is 0 Å². The van der Waals surface area contributed by atoms with Crippen molar-refractivity contribution in [3.8, 4) is 0 Å². The van der Waals surface area contributed by atoms with Gasteiger partial charge in [0.15, 0.2) is 11.6 Å². The summed E-state index contributed by atoms with van der Waals surface area (Å²) in [4.78, 5) is 28.2. The molecule has 0 aliphatic rings. The Balaban J connectivity index is 3.90. The van der Waals surface area contributed by atoms with Crippen LogP contribution in [0.25, 0.3) is 0 Å². The molecule has 0 atom stereocenters. The fourth-order valence-corrected chi connectivity index (χ4v) is 5.85. The molecular weight excluding hydrogens is 526 g/mol. The summed E-state index contributed by atoms with van der Waals surface area (Å²) in [7, 11) is 3.77. The molecule has 0 N–H and O–H groups in total. The number of hydrogen-bond donors (Lipinski definition) is 0. The second kappa shape index (κ2) is 30.8. The number of unbranched alkanes of at least 4 members (excludes halogenated alkanes) is 22. The summed E-state index contributed by atoms with van der Waals surface area (Å²) in [5.41, 5.74) is -0.971. The van der Waals surface area contributed by atoms with Gasteiger partial charge >= 0.3 is 0 Å². The molecule has 0 amide bonds. The number of carbonyl (C=O) groups excluding carboxylic acids is 2. The van der Waals surface area contributed by atoms with Crippen LogP contribution in [-0.4, -0.2) is 36.1 Å². The summed E-state index contributed by atoms with van der Waals surface area (Å²) in [6.45, 7) is 6.40. The Hall–Kier alpha value is -1.22. The first-order valence-corrected chi connectivity index (χ1v) is 18.9. The zero-order valence-corrected chi connectivity index (χ0v) is 29.9. The van der Waals surface area contributed by atoms with Gasteiger partial charge in [-0.2, -0.15) is 0 Å². The van der Waals surface area contributed by atoms with Crippen molar-refractivity contribution >= 4 is 11.6 Å². The van der Waals surface area contributed by atoms with Crippen molar-refractivity contribution in [1.29, 1.82) is 0 Å². The van der Waals surface area contributed by atoms with Crippen LogP contribution in [-0.2, 0) is 9.59 Å². The third-order valence-electron chi connectivity index (χ3n) is 9.31. The predicted octanol–water partition coefficient (Wildman–Crippen LogP) is 12.5. The lowest BCUT2D eigenvalue weighted by Crippen LogP contribution is -2.54. The highest BCUT2D eigenvalue weighted by Crippen LogP contribution is 2.22. The van der Waals surface area contributed by atoms with E-state index in [4.69, 9.17) is 0 Å². The van der Waals surface area contributed by atoms with E-state index in [0.29, 0.717) is 12.8 Å². The second-order valence-corrected chi connectivity index (χ2v) is 13.5. The molecule has 0 saturated heterocycles. The van der Waals surface area contributed by atoms with Gasteiger partial charge in [-0.3, -0.25) is 14.5 Å². The fourth-order valence-electron chi connectivity index (χ4n) is 5.85. The van der Waals surface area contributed by atoms with E-state index in [1.807, 2.05) is 25.9 Å². The topological polar surface area (TPSA) is 37.4 Å². The molecule has 0 heterocycles. The van der Waals surface area contributed by atoms with Crippen LogP contribution in [0.3, 0.4) is 0 Å². The number of allylic oxidation sites excluding steroid dienone is 4. The Kier molecular flexibility index (Phi) is 29.9. The maximum absolute atomic E-state index is 13.2. The first-order chi connectivity index (χ1) is 20.9. The van der Waals surface area contributed by atoms with Gasteiger partial charge in [-0.1, -0.05) is 141 Å². The Morgan fingerprint density at radius 3 is 0.977 bits per heavy atom. The predicted molar refractivity (Wildman–Crippen MR) is 191 cm³/mol. The van der Waals surface area contributed by atoms with Crippen LogP contribution >= 0.6 is 0 Å². The molecule has 252 valence electrons. The standard InChI is InChI=1S/C40H75NO2/c1-6-8-10-12-14-16-18-20-22-24-26-28-30-32-34-36-38(42)40(3,41(4)5)39(43)37-35-33-31-29-27-25-23-21-19-17-15-13-11-9-7-2/h20-23H,6-19,24-37H2,1-5H3. The third kappa shape index (κ3) is 23.8. The van der Waals surface area contributed by atoms with Crippen molar-refractivity contribution in [1.82, 2.24) is 4.90 Å². The van der Waals surface area contributed by atoms with Crippen molar-refractivity contribution in [3.05, 3.63) is 24.3 Å². The van der Waals surface area contributed by atoms with Crippen LogP contribution in [0, 0.1) is 0 Å². The van der Waals surface area contributed by atoms with Gasteiger partial charge in [0.25, 0.3) is 0 Å². The summed E-state index contributed by atoms with van der Waals surface area (Å²) in [5, 5.41) is 0. The molecule has 0 radical (unpaired) electrons. The van der Waals surface area contributed by atoms with Crippen LogP contribution < -0.4 is 0 Å². The van der Waals surface area contributed by atoms with Gasteiger partial charge in [-0.25, -0.2) is 0 Å². The van der Waals surface area contributed by atoms with Crippen LogP contribution in [0.15, 0.2) is 24.3 Å². The highest BCUT2D eigenvalue weighted by molar-refractivity contribution is 6.11. The number of nitrogens with zero attached hydrogens (tertiary/aromatic N) is 1. The Labute approximate surface area is 270 Å². The second-order valence-electron chi connectivity index (χ2n) is 13.5. The maximum atomic E-state index is 13.2. The molecule has 0 spiro atoms. The molecule has 0 unspecified atom stereocenters. The summed E-state index contributed by atoms with van der Waals surface area (Å²) < 4.78 is 0. The minimum absolute atomic E-state index is 0.105. The van der Waals surface area contributed by atoms with E-state index in [1.165, 1.54) is 141 Å². The van der Waals surface area contributed by atoms with Crippen LogP contribution in [0.5, 0.6) is 0 Å². The molecule has 0 rings (SSSR count). The number of rotatable bonds is 33. The fraction of sp³-hybridized carbons (Fsp3) is 0.850. The molecular formula is C40H75NO2. The lowest BCUT2D eigenvalue weighted by Gasteiger charge is -2.33. The van der Waals surface area contributed by atoms with E-state index in [9.17, 15) is 9.59 Å². The Morgan fingerprint density at radius 1 is 0.442 bits per heavy atom. The number of carbonyl (C=O) groups is 2. The maximum Gasteiger partial charge on any atom is 0.160 e. The normalized spacial score (nSPS) is 13.4. The zero-order valence-electron chi connectivity index (χ0n) is 29.9. The first kappa shape index (κ1) is 41.8. The summed E-state index contributed by atoms with van der Waals surface area (Å²) in [6.07, 6.45) is 43.0. The van der Waals surface area contributed by atoms with Crippen molar-refractivity contribution in [2.75, 3.05) is 14.1 Å². The lowest BCUT2D eigenvalue weighted by atomic mass is 9.84. The molecule has 0 aromatic heterocycles. The molecule has 3 heteroatoms. The minimum atomic E-state index is -0.971. The molecule has 3 nitrogen and oxygen atoms in total. The molecule has 0 aromatic rings. The van der Waals surface area contributed by atoms with E-state index in [2.05, 4.69) is 38.2 Å². The van der Waals surface area contributed by atoms with Crippen molar-refractivity contribution in [2.45, 2.75) is 206 Å². The SMILES string of the molecule is CCCCCCCCC=CCCCCCCCC(=O)C(C)(C(=O)CCCCCCCC=CCCCCCCCC)N(C)C. The van der Waals surface area contributed by atoms with Gasteiger partial charge in [0, 0.05) is 12.8 Å². The summed E-state index contributed by atoms with van der Waals surface area (Å²) in [5.74, 6) is 0.209. The van der Waals surface area contributed by atoms with Gasteiger partial charge < -0.3 is 0 Å². The molecule has 0 aliphatic heterocycles. The smallest absolute Gasteiger partial charge is 0.160 e. The summed E-state index contributed by atoms with van der Waals surface area (Å²) in [6, 6.07) is 0. The average molecular weight is 602 g/mol. The van der Waals surface area contributed by atoms with E-state index in [0.717, 1.165) is 25.7 Å². The number of ketones is 2. The Bertz CT molecular complexity index is 641. The van der Waals surface area contributed by atoms with E-state index in [-0.39, 0.29) is 11.6 Å². The van der Waals surface area contributed by atoms with Gasteiger partial charge in [0.1, 0.15) is 5.54 Å². The highest BCUT2D eigenvalue weighted by atomic mass is 16.2. The highest BCUT2D eigenvalue weighted by Gasteiger charge is 2.41. The monoisotopic (exact) mass is 602 g/mol. The van der Waals surface area contributed by atoms with Crippen molar-refractivity contribution in [2.24, 2.45) is 0 Å². The minimum Gasteiger partial charge on any atom is -0.297 e. The van der Waals surface area contributed by atoms with Crippen molar-refractivity contribution in [3.63, 3.8) is 0 Å². The number of hydrogen-bond acceptors (Lipinski definition) is 3. The van der Waals surface area contributed by atoms with Gasteiger partial charge in [-0.05, 0) is 85.2 Å². The van der Waals surface area contributed by atoms with E-state index < -0.39 is 5.54 Å². The third-order valence-corrected chi connectivity index (χ3v) is 9.31. The Morgan fingerprint density at radius 2 is 0.698 bits per heavy atom. The number of likely N-dealkylation sites (N-methyl/N-ethyl adjacent to an activating group) is 1. The molecule has 0 aliphatic carbocycles.